The van der Waals surface area contributed by atoms with Crippen LogP contribution in [0.2, 0.25) is 5.02 Å². The number of rotatable bonds is 11. The summed E-state index contributed by atoms with van der Waals surface area (Å²) >= 11 is 9.57. The predicted molar refractivity (Wildman–Crippen MR) is 162 cm³/mol. The molecule has 39 heavy (non-hydrogen) atoms. The zero-order chi connectivity index (χ0) is 27.5. The van der Waals surface area contributed by atoms with Crippen LogP contribution in [0.5, 0.6) is 0 Å². The maximum atomic E-state index is 13.7. The lowest BCUT2D eigenvalue weighted by molar-refractivity contribution is -0.136. The molecule has 1 amide bonds. The first-order valence-electron chi connectivity index (χ1n) is 13.3. The zero-order valence-electron chi connectivity index (χ0n) is 22.9. The smallest absolute Gasteiger partial charge is 0.226 e. The summed E-state index contributed by atoms with van der Waals surface area (Å²) < 4.78 is 4.98. The fraction of sp³-hybridized carbons (Fsp3) is 0.519. The Kier molecular flexibility index (Phi) is 8.92. The third kappa shape index (κ3) is 6.49. The molecule has 5 rings (SSSR count). The van der Waals surface area contributed by atoms with Crippen molar-refractivity contribution in [2.75, 3.05) is 59.7 Å². The second-order valence-corrected chi connectivity index (χ2v) is 13.0. The van der Waals surface area contributed by atoms with Crippen molar-refractivity contribution in [1.82, 2.24) is 34.3 Å². The number of aromatic nitrogens is 4. The van der Waals surface area contributed by atoms with E-state index in [2.05, 4.69) is 67.8 Å². The SMILES string of the molecule is CN(C)CCCN(CCCN(C)C)C(=O)[C@H]1CCc2c(sc3ncnc(Nc4cc5snnc5cc4Cl)c23)C1. The van der Waals surface area contributed by atoms with E-state index in [1.165, 1.54) is 22.0 Å². The summed E-state index contributed by atoms with van der Waals surface area (Å²) in [5.41, 5.74) is 2.81. The van der Waals surface area contributed by atoms with E-state index in [-0.39, 0.29) is 5.92 Å². The van der Waals surface area contributed by atoms with Gasteiger partial charge in [-0.3, -0.25) is 4.79 Å². The normalized spacial score (nSPS) is 15.4. The molecule has 3 aromatic heterocycles. The van der Waals surface area contributed by atoms with Gasteiger partial charge in [0.1, 0.15) is 22.5 Å². The highest BCUT2D eigenvalue weighted by Crippen LogP contribution is 2.41. The summed E-state index contributed by atoms with van der Waals surface area (Å²) in [5.74, 6) is 1.04. The summed E-state index contributed by atoms with van der Waals surface area (Å²) in [6.45, 7) is 3.57. The Bertz CT molecular complexity index is 1440. The lowest BCUT2D eigenvalue weighted by atomic mass is 9.86. The average Bonchev–Trinajstić information content (AvgIpc) is 3.51. The zero-order valence-corrected chi connectivity index (χ0v) is 25.3. The molecule has 1 aliphatic rings. The van der Waals surface area contributed by atoms with Crippen molar-refractivity contribution in [3.8, 4) is 0 Å². The predicted octanol–water partition coefficient (Wildman–Crippen LogP) is 4.93. The first kappa shape index (κ1) is 28.1. The molecule has 1 aromatic carbocycles. The first-order valence-corrected chi connectivity index (χ1v) is 15.3. The topological polar surface area (TPSA) is 90.4 Å². The number of fused-ring (bicyclic) bond motifs is 4. The first-order chi connectivity index (χ1) is 18.8. The van der Waals surface area contributed by atoms with Crippen LogP contribution >= 0.6 is 34.5 Å². The van der Waals surface area contributed by atoms with Gasteiger partial charge in [0.15, 0.2) is 0 Å². The maximum Gasteiger partial charge on any atom is 0.226 e. The van der Waals surface area contributed by atoms with Crippen molar-refractivity contribution in [2.24, 2.45) is 5.92 Å². The van der Waals surface area contributed by atoms with Gasteiger partial charge in [-0.25, -0.2) is 9.97 Å². The summed E-state index contributed by atoms with van der Waals surface area (Å²) in [5, 5.41) is 9.16. The van der Waals surface area contributed by atoms with E-state index >= 15 is 0 Å². The molecule has 208 valence electrons. The number of anilines is 2. The minimum absolute atomic E-state index is 0.00400. The highest BCUT2D eigenvalue weighted by Gasteiger charge is 2.31. The highest BCUT2D eigenvalue weighted by atomic mass is 35.5. The van der Waals surface area contributed by atoms with Gasteiger partial charge in [0.05, 0.1) is 20.8 Å². The van der Waals surface area contributed by atoms with Crippen LogP contribution in [0, 0.1) is 5.92 Å². The van der Waals surface area contributed by atoms with Crippen molar-refractivity contribution < 1.29 is 4.79 Å². The van der Waals surface area contributed by atoms with Crippen LogP contribution in [0.15, 0.2) is 18.5 Å². The molecule has 1 aliphatic carbocycles. The number of carbonyl (C=O) groups is 1. The number of benzene rings is 1. The minimum atomic E-state index is 0.00400. The molecule has 0 spiro atoms. The largest absolute Gasteiger partial charge is 0.342 e. The third-order valence-electron chi connectivity index (χ3n) is 7.16. The minimum Gasteiger partial charge on any atom is -0.342 e. The van der Waals surface area contributed by atoms with Gasteiger partial charge in [-0.05, 0) is 103 Å². The van der Waals surface area contributed by atoms with Crippen LogP contribution in [-0.4, -0.2) is 94.5 Å². The van der Waals surface area contributed by atoms with Gasteiger partial charge in [0.2, 0.25) is 5.91 Å². The highest BCUT2D eigenvalue weighted by molar-refractivity contribution is 7.19. The molecule has 4 aromatic rings. The van der Waals surface area contributed by atoms with Crippen LogP contribution < -0.4 is 5.32 Å². The second kappa shape index (κ2) is 12.4. The molecule has 1 N–H and O–H groups in total. The second-order valence-electron chi connectivity index (χ2n) is 10.7. The van der Waals surface area contributed by atoms with Crippen molar-refractivity contribution >= 4 is 72.3 Å². The van der Waals surface area contributed by atoms with Crippen LogP contribution in [0.25, 0.3) is 20.4 Å². The van der Waals surface area contributed by atoms with E-state index < -0.39 is 0 Å². The molecule has 0 fully saturated rings. The lowest BCUT2D eigenvalue weighted by Gasteiger charge is -2.30. The summed E-state index contributed by atoms with van der Waals surface area (Å²) in [4.78, 5) is 31.6. The van der Waals surface area contributed by atoms with E-state index in [0.717, 1.165) is 90.2 Å². The number of halogens is 1. The molecule has 0 radical (unpaired) electrons. The number of thiophene rings is 1. The van der Waals surface area contributed by atoms with Gasteiger partial charge in [0.25, 0.3) is 0 Å². The number of aryl methyl sites for hydroxylation is 1. The Morgan fingerprint density at radius 1 is 1.08 bits per heavy atom. The Morgan fingerprint density at radius 2 is 1.82 bits per heavy atom. The lowest BCUT2D eigenvalue weighted by Crippen LogP contribution is -2.40. The van der Waals surface area contributed by atoms with E-state index in [1.807, 2.05) is 12.1 Å². The molecule has 12 heteroatoms. The number of carbonyl (C=O) groups excluding carboxylic acids is 1. The van der Waals surface area contributed by atoms with Gasteiger partial charge >= 0.3 is 0 Å². The van der Waals surface area contributed by atoms with Crippen LogP contribution in [0.3, 0.4) is 0 Å². The molecular formula is C27H35ClN8OS2. The van der Waals surface area contributed by atoms with E-state index in [0.29, 0.717) is 10.9 Å². The van der Waals surface area contributed by atoms with Crippen LogP contribution in [-0.2, 0) is 17.6 Å². The Balaban J connectivity index is 1.35. The molecule has 0 bridgehead atoms. The molecule has 0 unspecified atom stereocenters. The Hall–Kier alpha value is -2.44. The van der Waals surface area contributed by atoms with Gasteiger partial charge < -0.3 is 20.0 Å². The number of amides is 1. The Morgan fingerprint density at radius 3 is 2.54 bits per heavy atom. The molecule has 0 saturated heterocycles. The van der Waals surface area contributed by atoms with Crippen molar-refractivity contribution in [3.05, 3.63) is 33.9 Å². The monoisotopic (exact) mass is 586 g/mol. The number of nitrogens with one attached hydrogen (secondary N) is 1. The van der Waals surface area contributed by atoms with E-state index in [4.69, 9.17) is 11.6 Å². The van der Waals surface area contributed by atoms with Gasteiger partial charge in [0, 0.05) is 23.9 Å². The fourth-order valence-corrected chi connectivity index (χ4v) is 7.24. The van der Waals surface area contributed by atoms with E-state index in [1.54, 1.807) is 17.7 Å². The van der Waals surface area contributed by atoms with Crippen molar-refractivity contribution in [2.45, 2.75) is 32.1 Å². The third-order valence-corrected chi connectivity index (χ3v) is 9.32. The standard InChI is InChI=1S/C27H35ClN8OS2/c1-34(2)9-5-11-36(12-6-10-35(3)4)27(37)17-7-8-18-22(13-17)38-26-24(18)25(29-16-30-26)31-20-15-23-21(14-19(20)28)32-33-39-23/h14-17H,5-13H2,1-4H3,(H,29,30,31)/t17-/m0/s1. The maximum absolute atomic E-state index is 13.7. The Labute approximate surface area is 242 Å². The van der Waals surface area contributed by atoms with Crippen LogP contribution in [0.4, 0.5) is 11.5 Å². The number of hydrogen-bond donors (Lipinski definition) is 1. The summed E-state index contributed by atoms with van der Waals surface area (Å²) in [6, 6.07) is 3.79. The molecular weight excluding hydrogens is 552 g/mol. The van der Waals surface area contributed by atoms with Crippen LogP contribution in [0.1, 0.15) is 29.7 Å². The van der Waals surface area contributed by atoms with Gasteiger partial charge in [-0.1, -0.05) is 16.1 Å². The summed E-state index contributed by atoms with van der Waals surface area (Å²) in [7, 11) is 8.32. The molecule has 1 atom stereocenters. The molecule has 9 nitrogen and oxygen atoms in total. The summed E-state index contributed by atoms with van der Waals surface area (Å²) in [6.07, 6.45) is 5.99. The quantitative estimate of drug-likeness (QED) is 0.265. The van der Waals surface area contributed by atoms with Gasteiger partial charge in [-0.15, -0.1) is 16.4 Å². The molecule has 0 aliphatic heterocycles. The molecule has 0 saturated carbocycles. The molecule has 3 heterocycles. The van der Waals surface area contributed by atoms with Crippen molar-refractivity contribution in [1.29, 1.82) is 0 Å². The van der Waals surface area contributed by atoms with E-state index in [9.17, 15) is 4.79 Å². The van der Waals surface area contributed by atoms with Gasteiger partial charge in [-0.2, -0.15) is 0 Å². The van der Waals surface area contributed by atoms with Crippen molar-refractivity contribution in [3.63, 3.8) is 0 Å². The number of nitrogens with zero attached hydrogens (tertiary/aromatic N) is 7. The number of hydrogen-bond acceptors (Lipinski definition) is 10. The average molecular weight is 587 g/mol. The fourth-order valence-electron chi connectivity index (χ4n) is 5.19.